The van der Waals surface area contributed by atoms with Gasteiger partial charge in [0, 0.05) is 31.0 Å². The van der Waals surface area contributed by atoms with E-state index in [1.54, 1.807) is 19.3 Å². The third kappa shape index (κ3) is 5.28. The van der Waals surface area contributed by atoms with Gasteiger partial charge in [-0.3, -0.25) is 9.59 Å². The van der Waals surface area contributed by atoms with Gasteiger partial charge in [0.25, 0.3) is 0 Å². The minimum absolute atomic E-state index is 0.0532. The Labute approximate surface area is 199 Å². The number of esters is 1. The van der Waals surface area contributed by atoms with Crippen LogP contribution in [0.5, 0.6) is 5.75 Å². The van der Waals surface area contributed by atoms with Crippen LogP contribution in [-0.4, -0.2) is 22.9 Å². The van der Waals surface area contributed by atoms with Crippen LogP contribution in [0.1, 0.15) is 54.1 Å². The van der Waals surface area contributed by atoms with Crippen LogP contribution in [0.3, 0.4) is 0 Å². The molecule has 1 aliphatic rings. The first kappa shape index (κ1) is 23.5. The largest absolute Gasteiger partial charge is 0.483 e. The van der Waals surface area contributed by atoms with E-state index in [0.29, 0.717) is 32.2 Å². The van der Waals surface area contributed by atoms with Gasteiger partial charge >= 0.3 is 5.97 Å². The lowest BCUT2D eigenvalue weighted by molar-refractivity contribution is -0.121. The van der Waals surface area contributed by atoms with Crippen LogP contribution in [0.4, 0.5) is 0 Å². The monoisotopic (exact) mass is 459 g/mol. The van der Waals surface area contributed by atoms with Gasteiger partial charge in [0.15, 0.2) is 5.75 Å². The number of carbonyl (C=O) groups excluding carboxylic acids is 2. The Morgan fingerprint density at radius 1 is 0.941 bits per heavy atom. The minimum atomic E-state index is -0.668. The number of ether oxygens (including phenoxy) is 2. The Morgan fingerprint density at radius 2 is 1.59 bits per heavy atom. The highest BCUT2D eigenvalue weighted by Gasteiger charge is 2.37. The van der Waals surface area contributed by atoms with Gasteiger partial charge < -0.3 is 14.0 Å². The lowest BCUT2D eigenvalue weighted by atomic mass is 9.69. The summed E-state index contributed by atoms with van der Waals surface area (Å²) in [7, 11) is 0. The summed E-state index contributed by atoms with van der Waals surface area (Å²) in [5.41, 5.74) is 1.24. The van der Waals surface area contributed by atoms with E-state index in [9.17, 15) is 14.4 Å². The average molecular weight is 460 g/mol. The number of nitrogens with zero attached hydrogens (tertiary/aromatic N) is 1. The molecule has 6 heteroatoms. The third-order valence-electron chi connectivity index (χ3n) is 6.42. The second kappa shape index (κ2) is 10.5. The molecule has 0 aliphatic heterocycles. The fourth-order valence-electron chi connectivity index (χ4n) is 4.57. The molecule has 1 saturated carbocycles. The van der Waals surface area contributed by atoms with Crippen LogP contribution in [0.2, 0.25) is 0 Å². The number of hydrogen-bond donors (Lipinski definition) is 0. The first-order valence-corrected chi connectivity index (χ1v) is 11.7. The maximum Gasteiger partial charge on any atom is 0.343 e. The zero-order chi connectivity index (χ0) is 24.0. The number of pyridine rings is 1. The number of carbonyl (C=O) groups is 2. The molecule has 1 aliphatic carbocycles. The lowest BCUT2D eigenvalue weighted by Crippen LogP contribution is -2.37. The zero-order valence-corrected chi connectivity index (χ0v) is 19.4. The summed E-state index contributed by atoms with van der Waals surface area (Å²) in [6.07, 6.45) is 5.65. The van der Waals surface area contributed by atoms with Crippen molar-refractivity contribution in [2.75, 3.05) is 6.61 Å². The fourth-order valence-corrected chi connectivity index (χ4v) is 4.57. The van der Waals surface area contributed by atoms with E-state index >= 15 is 0 Å². The van der Waals surface area contributed by atoms with Gasteiger partial charge in [0.2, 0.25) is 5.43 Å². The predicted molar refractivity (Wildman–Crippen MR) is 129 cm³/mol. The molecule has 34 heavy (non-hydrogen) atoms. The topological polar surface area (TPSA) is 74.6 Å². The van der Waals surface area contributed by atoms with Crippen molar-refractivity contribution in [1.29, 1.82) is 0 Å². The Kier molecular flexibility index (Phi) is 7.26. The van der Waals surface area contributed by atoms with Gasteiger partial charge in [-0.25, -0.2) is 4.79 Å². The molecule has 0 N–H and O–H groups in total. The van der Waals surface area contributed by atoms with Crippen molar-refractivity contribution in [3.8, 4) is 5.75 Å². The SMILES string of the molecule is CCOC(=O)c1cn(CC2(c3ccccc3)CCC(=O)CC2)cc(OCc2ccccc2)c1=O. The summed E-state index contributed by atoms with van der Waals surface area (Å²) in [6, 6.07) is 19.7. The first-order chi connectivity index (χ1) is 16.5. The molecule has 0 bridgehead atoms. The van der Waals surface area contributed by atoms with Gasteiger partial charge in [0.05, 0.1) is 12.8 Å². The molecular formula is C28H29NO5. The van der Waals surface area contributed by atoms with E-state index < -0.39 is 11.4 Å². The number of benzene rings is 2. The second-order valence-corrected chi connectivity index (χ2v) is 8.72. The van der Waals surface area contributed by atoms with Crippen molar-refractivity contribution in [3.63, 3.8) is 0 Å². The Hall–Kier alpha value is -3.67. The molecule has 1 aromatic heterocycles. The summed E-state index contributed by atoms with van der Waals surface area (Å²) in [5.74, 6) is -0.297. The molecule has 1 heterocycles. The number of ketones is 1. The van der Waals surface area contributed by atoms with Crippen molar-refractivity contribution in [2.24, 2.45) is 0 Å². The summed E-state index contributed by atoms with van der Waals surface area (Å²) in [5, 5.41) is 0. The van der Waals surface area contributed by atoms with Gasteiger partial charge in [0.1, 0.15) is 18.0 Å². The molecular weight excluding hydrogens is 430 g/mol. The average Bonchev–Trinajstić information content (AvgIpc) is 2.87. The van der Waals surface area contributed by atoms with E-state index in [2.05, 4.69) is 12.1 Å². The molecule has 0 saturated heterocycles. The van der Waals surface area contributed by atoms with Crippen LogP contribution in [0.25, 0.3) is 0 Å². The van der Waals surface area contributed by atoms with Gasteiger partial charge in [-0.05, 0) is 30.9 Å². The molecule has 0 radical (unpaired) electrons. The van der Waals surface area contributed by atoms with Gasteiger partial charge in [-0.2, -0.15) is 0 Å². The molecule has 0 unspecified atom stereocenters. The highest BCUT2D eigenvalue weighted by Crippen LogP contribution is 2.40. The van der Waals surface area contributed by atoms with E-state index in [4.69, 9.17) is 9.47 Å². The summed E-state index contributed by atoms with van der Waals surface area (Å²) < 4.78 is 12.9. The molecule has 3 aromatic rings. The van der Waals surface area contributed by atoms with E-state index in [1.165, 1.54) is 0 Å². The van der Waals surface area contributed by atoms with Crippen molar-refractivity contribution >= 4 is 11.8 Å². The highest BCUT2D eigenvalue weighted by molar-refractivity contribution is 5.89. The van der Waals surface area contributed by atoms with Crippen molar-refractivity contribution in [1.82, 2.24) is 4.57 Å². The smallest absolute Gasteiger partial charge is 0.343 e. The zero-order valence-electron chi connectivity index (χ0n) is 19.4. The van der Waals surface area contributed by atoms with Crippen molar-refractivity contribution in [2.45, 2.75) is 51.2 Å². The molecule has 0 amide bonds. The van der Waals surface area contributed by atoms with Crippen LogP contribution in [0, 0.1) is 0 Å². The molecule has 2 aromatic carbocycles. The quantitative estimate of drug-likeness (QED) is 0.457. The van der Waals surface area contributed by atoms with Gasteiger partial charge in [-0.1, -0.05) is 60.7 Å². The lowest BCUT2D eigenvalue weighted by Gasteiger charge is -2.38. The van der Waals surface area contributed by atoms with Gasteiger partial charge in [-0.15, -0.1) is 0 Å². The number of aromatic nitrogens is 1. The molecule has 0 atom stereocenters. The Balaban J connectivity index is 1.71. The maximum absolute atomic E-state index is 13.1. The first-order valence-electron chi connectivity index (χ1n) is 11.7. The van der Waals surface area contributed by atoms with Crippen LogP contribution >= 0.6 is 0 Å². The number of rotatable bonds is 8. The van der Waals surface area contributed by atoms with E-state index in [0.717, 1.165) is 11.1 Å². The van der Waals surface area contributed by atoms with Crippen LogP contribution in [-0.2, 0) is 28.1 Å². The second-order valence-electron chi connectivity index (χ2n) is 8.72. The molecule has 1 fully saturated rings. The van der Waals surface area contributed by atoms with E-state index in [-0.39, 0.29) is 35.7 Å². The summed E-state index contributed by atoms with van der Waals surface area (Å²) in [6.45, 7) is 2.60. The van der Waals surface area contributed by atoms with Crippen LogP contribution < -0.4 is 10.2 Å². The molecule has 176 valence electrons. The van der Waals surface area contributed by atoms with E-state index in [1.807, 2.05) is 53.1 Å². The molecule has 4 rings (SSSR count). The Morgan fingerprint density at radius 3 is 2.24 bits per heavy atom. The normalized spacial score (nSPS) is 15.0. The molecule has 6 nitrogen and oxygen atoms in total. The summed E-state index contributed by atoms with van der Waals surface area (Å²) >= 11 is 0. The fraction of sp³-hybridized carbons (Fsp3) is 0.321. The summed E-state index contributed by atoms with van der Waals surface area (Å²) in [4.78, 5) is 37.7. The predicted octanol–water partition coefficient (Wildman–Crippen LogP) is 4.69. The van der Waals surface area contributed by atoms with Crippen molar-refractivity contribution in [3.05, 3.63) is 100.0 Å². The minimum Gasteiger partial charge on any atom is -0.483 e. The molecule has 0 spiro atoms. The number of Topliss-reactive ketones (excluding diaryl/α,β-unsaturated/α-hetero) is 1. The maximum atomic E-state index is 13.1. The third-order valence-corrected chi connectivity index (χ3v) is 6.42. The standard InChI is InChI=1S/C28H29NO5/c1-2-33-27(32)24-17-29(18-25(26(24)31)34-19-21-9-5-3-6-10-21)20-28(15-13-23(30)14-16-28)22-11-7-4-8-12-22/h3-12,17-18H,2,13-16,19-20H2,1H3. The van der Waals surface area contributed by atoms with Crippen LogP contribution in [0.15, 0.2) is 77.9 Å². The highest BCUT2D eigenvalue weighted by atomic mass is 16.5. The Bertz CT molecular complexity index is 1190. The van der Waals surface area contributed by atoms with Crippen molar-refractivity contribution < 1.29 is 19.1 Å². The number of hydrogen-bond acceptors (Lipinski definition) is 5.